The number of rotatable bonds is 11. The minimum absolute atomic E-state index is 0.643. The summed E-state index contributed by atoms with van der Waals surface area (Å²) in [4.78, 5) is 5.05. The molecular weight excluding hydrogens is 532 g/mol. The molecule has 0 bridgehead atoms. The molecule has 0 N–H and O–H groups in total. The van der Waals surface area contributed by atoms with Crippen LogP contribution >= 0.6 is 0 Å². The van der Waals surface area contributed by atoms with E-state index >= 15 is 0 Å². The van der Waals surface area contributed by atoms with Crippen molar-refractivity contribution in [1.82, 2.24) is 0 Å². The van der Waals surface area contributed by atoms with Crippen LogP contribution < -0.4 is 9.80 Å². The van der Waals surface area contributed by atoms with Gasteiger partial charge in [0.1, 0.15) is 5.66 Å². The van der Waals surface area contributed by atoms with E-state index in [9.17, 15) is 0 Å². The fourth-order valence-electron chi connectivity index (χ4n) is 6.31. The first-order chi connectivity index (χ1) is 21.7. The monoisotopic (exact) mass is 570 g/mol. The fraction of sp³-hybridized carbons (Fsp3) is 0.0952. The third-order valence-electron chi connectivity index (χ3n) is 8.26. The van der Waals surface area contributed by atoms with Crippen LogP contribution in [0.1, 0.15) is 23.1 Å². The van der Waals surface area contributed by atoms with Crippen LogP contribution in [0.15, 0.2) is 183 Å². The Labute approximate surface area is 262 Å². The molecule has 0 atom stereocenters. The summed E-state index contributed by atoms with van der Waals surface area (Å²) < 4.78 is 0. The number of para-hydroxylation sites is 4. The Kier molecular flexibility index (Phi) is 8.70. The Morgan fingerprint density at radius 2 is 0.977 bits per heavy atom. The van der Waals surface area contributed by atoms with Gasteiger partial charge in [-0.25, -0.2) is 0 Å². The predicted octanol–water partition coefficient (Wildman–Crippen LogP) is 10.9. The predicted molar refractivity (Wildman–Crippen MR) is 189 cm³/mol. The summed E-state index contributed by atoms with van der Waals surface area (Å²) in [6.07, 6.45) is 13.4. The molecule has 1 aliphatic carbocycles. The molecule has 6 rings (SSSR count). The van der Waals surface area contributed by atoms with Crippen molar-refractivity contribution in [2.75, 3.05) is 9.80 Å². The molecule has 216 valence electrons. The van der Waals surface area contributed by atoms with Crippen molar-refractivity contribution < 1.29 is 0 Å². The lowest BCUT2D eigenvalue weighted by atomic mass is 9.87. The summed E-state index contributed by atoms with van der Waals surface area (Å²) >= 11 is 0. The number of allylic oxidation sites excluding steroid dienone is 4. The minimum Gasteiger partial charge on any atom is -0.313 e. The second-order valence-corrected chi connectivity index (χ2v) is 11.0. The summed E-state index contributed by atoms with van der Waals surface area (Å²) in [7, 11) is 0. The third-order valence-corrected chi connectivity index (χ3v) is 8.26. The van der Waals surface area contributed by atoms with E-state index in [0.29, 0.717) is 0 Å². The number of hydrogen-bond donors (Lipinski definition) is 0. The van der Waals surface area contributed by atoms with Crippen molar-refractivity contribution in [1.29, 1.82) is 0 Å². The molecule has 0 saturated carbocycles. The zero-order valence-electron chi connectivity index (χ0n) is 25.1. The highest BCUT2D eigenvalue weighted by Gasteiger charge is 2.44. The standard InChI is InChI=1S/C42H38N2/c1-3-18-36-22-14-16-28-40(36)43(38-24-10-6-11-25-38)42(32-30-35(31-33-42)34-20-8-5-9-21-34)44(39-26-12-7-13-27-39)41-29-17-15-23-37(41)19-4-2/h3-17,20-32H,1-2,18-19,33H2. The van der Waals surface area contributed by atoms with Gasteiger partial charge >= 0.3 is 0 Å². The second-order valence-electron chi connectivity index (χ2n) is 11.0. The van der Waals surface area contributed by atoms with Crippen LogP contribution in [0.2, 0.25) is 0 Å². The van der Waals surface area contributed by atoms with Gasteiger partial charge in [0.25, 0.3) is 0 Å². The molecule has 0 saturated heterocycles. The van der Waals surface area contributed by atoms with Crippen LogP contribution in [0.5, 0.6) is 0 Å². The highest BCUT2D eigenvalue weighted by molar-refractivity contribution is 5.83. The maximum Gasteiger partial charge on any atom is 0.145 e. The number of nitrogens with zero attached hydrogens (tertiary/aromatic N) is 2. The lowest BCUT2D eigenvalue weighted by molar-refractivity contribution is 0.524. The molecule has 0 spiro atoms. The first kappa shape index (κ1) is 28.8. The third kappa shape index (κ3) is 5.67. The average Bonchev–Trinajstić information content (AvgIpc) is 3.09. The van der Waals surface area contributed by atoms with Crippen molar-refractivity contribution in [3.05, 3.63) is 200 Å². The van der Waals surface area contributed by atoms with Gasteiger partial charge in [0.05, 0.1) is 0 Å². The molecular formula is C42H38N2. The Hall–Kier alpha value is -5.34. The van der Waals surface area contributed by atoms with E-state index < -0.39 is 5.66 Å². The molecule has 0 unspecified atom stereocenters. The van der Waals surface area contributed by atoms with E-state index in [4.69, 9.17) is 0 Å². The summed E-state index contributed by atoms with van der Waals surface area (Å²) in [6, 6.07) is 49.7. The Bertz CT molecular complexity index is 1670. The maximum atomic E-state index is 4.10. The Morgan fingerprint density at radius 1 is 0.545 bits per heavy atom. The molecule has 0 aromatic heterocycles. The van der Waals surface area contributed by atoms with Crippen molar-refractivity contribution in [2.45, 2.75) is 24.9 Å². The van der Waals surface area contributed by atoms with Crippen LogP contribution in [-0.2, 0) is 12.8 Å². The van der Waals surface area contributed by atoms with Gasteiger partial charge in [-0.05, 0) is 77.6 Å². The molecule has 2 heteroatoms. The zero-order valence-corrected chi connectivity index (χ0v) is 25.1. The second kappa shape index (κ2) is 13.3. The highest BCUT2D eigenvalue weighted by atomic mass is 15.4. The topological polar surface area (TPSA) is 6.48 Å². The summed E-state index contributed by atoms with van der Waals surface area (Å²) in [5.74, 6) is 0. The minimum atomic E-state index is -0.643. The summed E-state index contributed by atoms with van der Waals surface area (Å²) in [5, 5.41) is 0. The van der Waals surface area contributed by atoms with Gasteiger partial charge in [0, 0.05) is 29.2 Å². The number of hydrogen-bond acceptors (Lipinski definition) is 2. The summed E-state index contributed by atoms with van der Waals surface area (Å²) in [5.41, 5.74) is 8.79. The van der Waals surface area contributed by atoms with Crippen LogP contribution in [0.25, 0.3) is 5.57 Å². The zero-order chi connectivity index (χ0) is 30.2. The van der Waals surface area contributed by atoms with Crippen molar-refractivity contribution >= 4 is 28.3 Å². The molecule has 0 aliphatic heterocycles. The number of benzene rings is 5. The van der Waals surface area contributed by atoms with Crippen molar-refractivity contribution in [2.24, 2.45) is 0 Å². The number of anilines is 4. The fourth-order valence-corrected chi connectivity index (χ4v) is 6.31. The summed E-state index contributed by atoms with van der Waals surface area (Å²) in [6.45, 7) is 8.21. The Morgan fingerprint density at radius 3 is 1.41 bits per heavy atom. The average molecular weight is 571 g/mol. The van der Waals surface area contributed by atoms with Gasteiger partial charge in [-0.15, -0.1) is 13.2 Å². The molecule has 5 aromatic carbocycles. The largest absolute Gasteiger partial charge is 0.313 e. The van der Waals surface area contributed by atoms with E-state index in [1.165, 1.54) is 22.3 Å². The molecule has 0 heterocycles. The van der Waals surface area contributed by atoms with Crippen LogP contribution in [-0.4, -0.2) is 5.66 Å². The van der Waals surface area contributed by atoms with Gasteiger partial charge in [0.15, 0.2) is 0 Å². The van der Waals surface area contributed by atoms with Gasteiger partial charge in [-0.1, -0.05) is 127 Å². The first-order valence-electron chi connectivity index (χ1n) is 15.3. The molecule has 2 nitrogen and oxygen atoms in total. The van der Waals surface area contributed by atoms with Crippen molar-refractivity contribution in [3.63, 3.8) is 0 Å². The molecule has 1 aliphatic rings. The smallest absolute Gasteiger partial charge is 0.145 e. The van der Waals surface area contributed by atoms with E-state index in [-0.39, 0.29) is 0 Å². The van der Waals surface area contributed by atoms with E-state index in [1.54, 1.807) is 0 Å². The molecule has 44 heavy (non-hydrogen) atoms. The molecule has 5 aromatic rings. The maximum absolute atomic E-state index is 4.10. The van der Waals surface area contributed by atoms with Crippen LogP contribution in [0.3, 0.4) is 0 Å². The molecule has 0 fully saturated rings. The lowest BCUT2D eigenvalue weighted by Gasteiger charge is -2.53. The molecule has 0 radical (unpaired) electrons. The molecule has 0 amide bonds. The lowest BCUT2D eigenvalue weighted by Crippen LogP contribution is -2.57. The van der Waals surface area contributed by atoms with E-state index in [0.717, 1.165) is 42.0 Å². The van der Waals surface area contributed by atoms with E-state index in [2.05, 4.69) is 181 Å². The highest BCUT2D eigenvalue weighted by Crippen LogP contribution is 2.48. The Balaban J connectivity index is 1.68. The SMILES string of the molecule is C=CCc1ccccc1N(c1ccccc1)C1(N(c2ccccc2)c2ccccc2CC=C)C=CC(c2ccccc2)=CC1. The van der Waals surface area contributed by atoms with Gasteiger partial charge < -0.3 is 9.80 Å². The van der Waals surface area contributed by atoms with E-state index in [1.807, 2.05) is 12.2 Å². The first-order valence-corrected chi connectivity index (χ1v) is 15.3. The van der Waals surface area contributed by atoms with Crippen LogP contribution in [0.4, 0.5) is 22.7 Å². The van der Waals surface area contributed by atoms with Gasteiger partial charge in [0.2, 0.25) is 0 Å². The van der Waals surface area contributed by atoms with Crippen molar-refractivity contribution in [3.8, 4) is 0 Å². The normalized spacial score (nSPS) is 13.5. The van der Waals surface area contributed by atoms with Gasteiger partial charge in [-0.2, -0.15) is 0 Å². The van der Waals surface area contributed by atoms with Crippen LogP contribution in [0, 0.1) is 0 Å². The quantitative estimate of drug-likeness (QED) is 0.115. The van der Waals surface area contributed by atoms with Gasteiger partial charge in [-0.3, -0.25) is 0 Å².